The Morgan fingerprint density at radius 2 is 2.00 bits per heavy atom. The van der Waals surface area contributed by atoms with E-state index in [1.165, 1.54) is 18.5 Å². The van der Waals surface area contributed by atoms with Crippen molar-refractivity contribution in [2.75, 3.05) is 5.32 Å². The van der Waals surface area contributed by atoms with Crippen molar-refractivity contribution < 1.29 is 19.6 Å². The van der Waals surface area contributed by atoms with Gasteiger partial charge in [0.05, 0.1) is 0 Å². The molecule has 0 spiro atoms. The molecular weight excluding hydrogens is 270 g/mol. The van der Waals surface area contributed by atoms with Crippen LogP contribution in [0.3, 0.4) is 0 Å². The molecule has 3 N–H and O–H groups in total. The Bertz CT molecular complexity index is 695. The molecule has 0 aromatic carbocycles. The number of nitrogens with zero attached hydrogens (tertiary/aromatic N) is 3. The van der Waals surface area contributed by atoms with E-state index in [-0.39, 0.29) is 17.3 Å². The summed E-state index contributed by atoms with van der Waals surface area (Å²) < 4.78 is 0. The van der Waals surface area contributed by atoms with Gasteiger partial charge in [0.15, 0.2) is 17.2 Å². The van der Waals surface area contributed by atoms with Crippen LogP contribution in [0.15, 0.2) is 24.5 Å². The Balaban J connectivity index is 2.23. The molecule has 102 valence electrons. The molecule has 0 saturated heterocycles. The molecule has 10 heteroatoms. The minimum absolute atomic E-state index is 0.0984. The average molecular weight is 277 g/mol. The normalized spacial score (nSPS) is 10.0. The zero-order chi connectivity index (χ0) is 14.7. The molecule has 0 aliphatic heterocycles. The summed E-state index contributed by atoms with van der Waals surface area (Å²) >= 11 is 0. The van der Waals surface area contributed by atoms with Gasteiger partial charge in [-0.2, -0.15) is 0 Å². The van der Waals surface area contributed by atoms with Crippen LogP contribution in [-0.2, 0) is 0 Å². The molecule has 2 heterocycles. The van der Waals surface area contributed by atoms with E-state index in [9.17, 15) is 19.7 Å². The van der Waals surface area contributed by atoms with E-state index in [0.29, 0.717) is 0 Å². The number of nitro groups is 1. The topological polar surface area (TPSA) is 151 Å². The SMILES string of the molecule is O=C(Nc1nccnc1C(=O)O)c1ccc([N+](=O)[O-])[nH]1. The zero-order valence-corrected chi connectivity index (χ0v) is 9.73. The fourth-order valence-electron chi connectivity index (χ4n) is 1.38. The average Bonchev–Trinajstić information content (AvgIpc) is 2.89. The van der Waals surface area contributed by atoms with Crippen molar-refractivity contribution in [1.82, 2.24) is 15.0 Å². The number of aromatic amines is 1. The lowest BCUT2D eigenvalue weighted by molar-refractivity contribution is -0.389. The molecule has 0 saturated carbocycles. The molecule has 20 heavy (non-hydrogen) atoms. The molecule has 0 radical (unpaired) electrons. The van der Waals surface area contributed by atoms with Gasteiger partial charge in [-0.05, 0) is 11.0 Å². The molecule has 0 bridgehead atoms. The van der Waals surface area contributed by atoms with E-state index in [1.807, 2.05) is 0 Å². The summed E-state index contributed by atoms with van der Waals surface area (Å²) in [5.74, 6) is -2.72. The van der Waals surface area contributed by atoms with Crippen LogP contribution in [0.2, 0.25) is 0 Å². The van der Waals surface area contributed by atoms with Gasteiger partial charge < -0.3 is 20.5 Å². The lowest BCUT2D eigenvalue weighted by Crippen LogP contribution is -2.17. The van der Waals surface area contributed by atoms with Crippen LogP contribution in [0.4, 0.5) is 11.6 Å². The van der Waals surface area contributed by atoms with Gasteiger partial charge in [-0.25, -0.2) is 19.7 Å². The van der Waals surface area contributed by atoms with Crippen molar-refractivity contribution in [2.45, 2.75) is 0 Å². The van der Waals surface area contributed by atoms with E-state index in [2.05, 4.69) is 20.3 Å². The third kappa shape index (κ3) is 2.58. The van der Waals surface area contributed by atoms with Crippen LogP contribution < -0.4 is 5.32 Å². The van der Waals surface area contributed by atoms with E-state index in [4.69, 9.17) is 5.11 Å². The standard InChI is InChI=1S/C10H7N5O5/c16-9(5-1-2-6(13-5)15(19)20)14-8-7(10(17)18)11-3-4-12-8/h1-4,13H,(H,17,18)(H,12,14,16). The minimum Gasteiger partial charge on any atom is -0.476 e. The smallest absolute Gasteiger partial charge is 0.358 e. The second-order valence-corrected chi connectivity index (χ2v) is 3.53. The van der Waals surface area contributed by atoms with Gasteiger partial charge in [0.2, 0.25) is 0 Å². The summed E-state index contributed by atoms with van der Waals surface area (Å²) in [7, 11) is 0. The summed E-state index contributed by atoms with van der Waals surface area (Å²) in [5.41, 5.74) is -0.527. The van der Waals surface area contributed by atoms with Crippen LogP contribution in [0.5, 0.6) is 0 Å². The lowest BCUT2D eigenvalue weighted by atomic mass is 10.3. The van der Waals surface area contributed by atoms with Crippen molar-refractivity contribution in [2.24, 2.45) is 0 Å². The summed E-state index contributed by atoms with van der Waals surface area (Å²) in [4.78, 5) is 42.0. The van der Waals surface area contributed by atoms with Gasteiger partial charge in [0.1, 0.15) is 0 Å². The molecule has 10 nitrogen and oxygen atoms in total. The first-order valence-electron chi connectivity index (χ1n) is 5.18. The zero-order valence-electron chi connectivity index (χ0n) is 9.73. The number of aromatic nitrogens is 3. The molecular formula is C10H7N5O5. The Labute approximate surface area is 110 Å². The first-order chi connectivity index (χ1) is 9.49. The molecule has 2 rings (SSSR count). The van der Waals surface area contributed by atoms with Crippen molar-refractivity contribution in [1.29, 1.82) is 0 Å². The van der Waals surface area contributed by atoms with E-state index >= 15 is 0 Å². The highest BCUT2D eigenvalue weighted by Gasteiger charge is 2.19. The predicted molar refractivity (Wildman–Crippen MR) is 64.4 cm³/mol. The van der Waals surface area contributed by atoms with Gasteiger partial charge in [-0.15, -0.1) is 0 Å². The Hall–Kier alpha value is -3.30. The maximum Gasteiger partial charge on any atom is 0.358 e. The summed E-state index contributed by atoms with van der Waals surface area (Å²) in [6.45, 7) is 0. The number of carboxylic acid groups (broad SMARTS) is 1. The van der Waals surface area contributed by atoms with Gasteiger partial charge >= 0.3 is 11.8 Å². The second kappa shape index (κ2) is 5.14. The third-order valence-corrected chi connectivity index (χ3v) is 2.24. The molecule has 0 atom stereocenters. The number of hydrogen-bond donors (Lipinski definition) is 3. The largest absolute Gasteiger partial charge is 0.476 e. The fourth-order valence-corrected chi connectivity index (χ4v) is 1.38. The molecule has 2 aromatic heterocycles. The number of anilines is 1. The molecule has 0 aliphatic carbocycles. The first-order valence-corrected chi connectivity index (χ1v) is 5.18. The van der Waals surface area contributed by atoms with Gasteiger partial charge in [-0.1, -0.05) is 0 Å². The highest BCUT2D eigenvalue weighted by Crippen LogP contribution is 2.13. The summed E-state index contributed by atoms with van der Waals surface area (Å²) in [6, 6.07) is 2.31. The monoisotopic (exact) mass is 277 g/mol. The van der Waals surface area contributed by atoms with Crippen LogP contribution in [-0.4, -0.2) is 36.9 Å². The van der Waals surface area contributed by atoms with Crippen molar-refractivity contribution in [3.63, 3.8) is 0 Å². The number of aromatic carboxylic acids is 1. The number of rotatable bonds is 4. The maximum atomic E-state index is 11.8. The first kappa shape index (κ1) is 13.1. The number of H-pyrrole nitrogens is 1. The maximum absolute atomic E-state index is 11.8. The van der Waals surface area contributed by atoms with E-state index < -0.39 is 22.5 Å². The molecule has 0 unspecified atom stereocenters. The van der Waals surface area contributed by atoms with E-state index in [1.54, 1.807) is 0 Å². The summed E-state index contributed by atoms with van der Waals surface area (Å²) in [6.07, 6.45) is 2.37. The number of carbonyl (C=O) groups excluding carboxylic acids is 1. The predicted octanol–water partition coefficient (Wildman–Crippen LogP) is 0.663. The van der Waals surface area contributed by atoms with Gasteiger partial charge in [0.25, 0.3) is 5.91 Å². The molecule has 2 aromatic rings. The molecule has 1 amide bonds. The van der Waals surface area contributed by atoms with Gasteiger partial charge in [-0.3, -0.25) is 4.79 Å². The third-order valence-electron chi connectivity index (χ3n) is 2.24. The van der Waals surface area contributed by atoms with Crippen LogP contribution in [0.25, 0.3) is 0 Å². The molecule has 0 fully saturated rings. The Morgan fingerprint density at radius 3 is 2.60 bits per heavy atom. The van der Waals surface area contributed by atoms with Crippen LogP contribution >= 0.6 is 0 Å². The second-order valence-electron chi connectivity index (χ2n) is 3.53. The number of amides is 1. The van der Waals surface area contributed by atoms with Crippen molar-refractivity contribution >= 4 is 23.5 Å². The number of carbonyl (C=O) groups is 2. The van der Waals surface area contributed by atoms with Crippen LogP contribution in [0.1, 0.15) is 21.0 Å². The number of hydrogen-bond acceptors (Lipinski definition) is 6. The molecule has 0 aliphatic rings. The highest BCUT2D eigenvalue weighted by molar-refractivity contribution is 6.05. The Morgan fingerprint density at radius 1 is 1.30 bits per heavy atom. The highest BCUT2D eigenvalue weighted by atomic mass is 16.6. The van der Waals surface area contributed by atoms with Gasteiger partial charge in [0, 0.05) is 18.5 Å². The van der Waals surface area contributed by atoms with Crippen LogP contribution in [0, 0.1) is 10.1 Å². The summed E-state index contributed by atoms with van der Waals surface area (Å²) in [5, 5.41) is 21.6. The Kier molecular flexibility index (Phi) is 3.37. The van der Waals surface area contributed by atoms with E-state index in [0.717, 1.165) is 6.07 Å². The van der Waals surface area contributed by atoms with Crippen molar-refractivity contribution in [3.8, 4) is 0 Å². The lowest BCUT2D eigenvalue weighted by Gasteiger charge is -2.03. The number of carboxylic acids is 1. The quantitative estimate of drug-likeness (QED) is 0.548. The number of nitrogens with one attached hydrogen (secondary N) is 2. The minimum atomic E-state index is -1.36. The fraction of sp³-hybridized carbons (Fsp3) is 0. The van der Waals surface area contributed by atoms with Crippen molar-refractivity contribution in [3.05, 3.63) is 46.0 Å².